The van der Waals surface area contributed by atoms with E-state index in [-0.39, 0.29) is 5.41 Å². The van der Waals surface area contributed by atoms with Crippen molar-refractivity contribution >= 4 is 0 Å². The first-order valence-corrected chi connectivity index (χ1v) is 8.36. The molecule has 0 aliphatic heterocycles. The van der Waals surface area contributed by atoms with Crippen molar-refractivity contribution in [3.63, 3.8) is 0 Å². The number of aromatic hydroxyl groups is 1. The van der Waals surface area contributed by atoms with Gasteiger partial charge in [-0.3, -0.25) is 0 Å². The van der Waals surface area contributed by atoms with Gasteiger partial charge in [0, 0.05) is 11.0 Å². The van der Waals surface area contributed by atoms with Gasteiger partial charge >= 0.3 is 0 Å². The summed E-state index contributed by atoms with van der Waals surface area (Å²) < 4.78 is 0. The zero-order chi connectivity index (χ0) is 16.2. The molecular formula is C21H28O. The molecule has 0 radical (unpaired) electrons. The lowest BCUT2D eigenvalue weighted by Crippen LogP contribution is -2.22. The minimum absolute atomic E-state index is 0.196. The van der Waals surface area contributed by atoms with E-state index >= 15 is 0 Å². The Labute approximate surface area is 135 Å². The summed E-state index contributed by atoms with van der Waals surface area (Å²) in [5.74, 6) is 0.422. The highest BCUT2D eigenvalue weighted by atomic mass is 16.3. The molecule has 2 aromatic rings. The number of aryl methyl sites for hydroxylation is 1. The molecule has 22 heavy (non-hydrogen) atoms. The molecule has 0 atom stereocenters. The predicted octanol–water partition coefficient (Wildman–Crippen LogP) is 5.76. The van der Waals surface area contributed by atoms with Crippen LogP contribution in [0.4, 0.5) is 0 Å². The zero-order valence-electron chi connectivity index (χ0n) is 14.3. The molecule has 0 aliphatic rings. The quantitative estimate of drug-likeness (QED) is 0.672. The third-order valence-corrected chi connectivity index (χ3v) is 4.68. The van der Waals surface area contributed by atoms with Crippen LogP contribution in [0.3, 0.4) is 0 Å². The second-order valence-electron chi connectivity index (χ2n) is 6.70. The van der Waals surface area contributed by atoms with Crippen LogP contribution in [0.25, 0.3) is 0 Å². The minimum Gasteiger partial charge on any atom is -0.508 e. The molecule has 0 amide bonds. The predicted molar refractivity (Wildman–Crippen MR) is 94.6 cm³/mol. The monoisotopic (exact) mass is 296 g/mol. The van der Waals surface area contributed by atoms with Crippen molar-refractivity contribution in [3.05, 3.63) is 64.7 Å². The Hall–Kier alpha value is -1.76. The van der Waals surface area contributed by atoms with E-state index in [0.29, 0.717) is 5.75 Å². The SMILES string of the molecule is CCCCCc1c(C)ccc(O)c1C(C)(C)c1ccccc1. The van der Waals surface area contributed by atoms with Crippen LogP contribution in [0.1, 0.15) is 62.3 Å². The average molecular weight is 296 g/mol. The van der Waals surface area contributed by atoms with E-state index in [1.54, 1.807) is 0 Å². The number of rotatable bonds is 6. The molecule has 118 valence electrons. The van der Waals surface area contributed by atoms with Crippen LogP contribution >= 0.6 is 0 Å². The molecule has 0 spiro atoms. The van der Waals surface area contributed by atoms with Crippen LogP contribution in [0.5, 0.6) is 5.75 Å². The van der Waals surface area contributed by atoms with Gasteiger partial charge in [-0.25, -0.2) is 0 Å². The molecule has 2 aromatic carbocycles. The molecule has 0 fully saturated rings. The molecular weight excluding hydrogens is 268 g/mol. The molecule has 1 N–H and O–H groups in total. The molecule has 1 nitrogen and oxygen atoms in total. The molecule has 0 bridgehead atoms. The lowest BCUT2D eigenvalue weighted by atomic mass is 9.74. The van der Waals surface area contributed by atoms with E-state index in [0.717, 1.165) is 12.0 Å². The summed E-state index contributed by atoms with van der Waals surface area (Å²) in [6, 6.07) is 14.4. The highest BCUT2D eigenvalue weighted by molar-refractivity contribution is 5.52. The Morgan fingerprint density at radius 1 is 0.955 bits per heavy atom. The first kappa shape index (κ1) is 16.6. The van der Waals surface area contributed by atoms with Crippen molar-refractivity contribution in [3.8, 4) is 5.75 Å². The first-order chi connectivity index (χ1) is 10.5. The summed E-state index contributed by atoms with van der Waals surface area (Å²) in [5.41, 5.74) is 4.75. The molecule has 0 aromatic heterocycles. The lowest BCUT2D eigenvalue weighted by Gasteiger charge is -2.30. The largest absolute Gasteiger partial charge is 0.508 e. The molecule has 0 aliphatic carbocycles. The van der Waals surface area contributed by atoms with Crippen molar-refractivity contribution in [2.75, 3.05) is 0 Å². The summed E-state index contributed by atoms with van der Waals surface area (Å²) in [6.45, 7) is 8.80. The Morgan fingerprint density at radius 2 is 1.64 bits per heavy atom. The Balaban J connectivity index is 2.51. The van der Waals surface area contributed by atoms with Crippen LogP contribution in [0.15, 0.2) is 42.5 Å². The Morgan fingerprint density at radius 3 is 2.27 bits per heavy atom. The molecule has 1 heteroatoms. The third-order valence-electron chi connectivity index (χ3n) is 4.68. The topological polar surface area (TPSA) is 20.2 Å². The molecule has 2 rings (SSSR count). The molecule has 0 saturated carbocycles. The third kappa shape index (κ3) is 3.35. The first-order valence-electron chi connectivity index (χ1n) is 8.36. The highest BCUT2D eigenvalue weighted by Crippen LogP contribution is 2.40. The van der Waals surface area contributed by atoms with E-state index in [2.05, 4.69) is 52.0 Å². The molecule has 0 unspecified atom stereocenters. The summed E-state index contributed by atoms with van der Waals surface area (Å²) >= 11 is 0. The Bertz CT molecular complexity index is 611. The van der Waals surface area contributed by atoms with Crippen molar-refractivity contribution < 1.29 is 5.11 Å². The van der Waals surface area contributed by atoms with Gasteiger partial charge in [-0.1, -0.05) is 70.0 Å². The van der Waals surface area contributed by atoms with Gasteiger partial charge in [0.2, 0.25) is 0 Å². The van der Waals surface area contributed by atoms with Crippen LogP contribution in [-0.4, -0.2) is 5.11 Å². The van der Waals surface area contributed by atoms with E-state index in [4.69, 9.17) is 0 Å². The Kier molecular flexibility index (Phi) is 5.28. The lowest BCUT2D eigenvalue weighted by molar-refractivity contribution is 0.450. The van der Waals surface area contributed by atoms with Gasteiger partial charge < -0.3 is 5.11 Å². The zero-order valence-corrected chi connectivity index (χ0v) is 14.3. The second-order valence-corrected chi connectivity index (χ2v) is 6.70. The van der Waals surface area contributed by atoms with E-state index in [9.17, 15) is 5.11 Å². The average Bonchev–Trinajstić information content (AvgIpc) is 2.51. The second kappa shape index (κ2) is 7.00. The maximum absolute atomic E-state index is 10.6. The number of unbranched alkanes of at least 4 members (excludes halogenated alkanes) is 2. The van der Waals surface area contributed by atoms with Crippen molar-refractivity contribution in [2.24, 2.45) is 0 Å². The maximum atomic E-state index is 10.6. The van der Waals surface area contributed by atoms with Crippen molar-refractivity contribution in [1.29, 1.82) is 0 Å². The van der Waals surface area contributed by atoms with Gasteiger partial charge in [0.05, 0.1) is 0 Å². The van der Waals surface area contributed by atoms with Crippen molar-refractivity contribution in [2.45, 2.75) is 58.8 Å². The molecule has 0 saturated heterocycles. The summed E-state index contributed by atoms with van der Waals surface area (Å²) in [6.07, 6.45) is 4.67. The van der Waals surface area contributed by atoms with Gasteiger partial charge in [0.1, 0.15) is 5.75 Å². The summed E-state index contributed by atoms with van der Waals surface area (Å²) in [4.78, 5) is 0. The maximum Gasteiger partial charge on any atom is 0.119 e. The van der Waals surface area contributed by atoms with Gasteiger partial charge in [-0.15, -0.1) is 0 Å². The highest BCUT2D eigenvalue weighted by Gasteiger charge is 2.29. The van der Waals surface area contributed by atoms with Gasteiger partial charge in [-0.2, -0.15) is 0 Å². The number of phenols is 1. The van der Waals surface area contributed by atoms with Crippen LogP contribution in [-0.2, 0) is 11.8 Å². The fraction of sp³-hybridized carbons (Fsp3) is 0.429. The number of benzene rings is 2. The van der Waals surface area contributed by atoms with Crippen LogP contribution in [0.2, 0.25) is 0 Å². The van der Waals surface area contributed by atoms with E-state index in [1.807, 2.05) is 18.2 Å². The normalized spacial score (nSPS) is 11.6. The van der Waals surface area contributed by atoms with E-state index < -0.39 is 0 Å². The van der Waals surface area contributed by atoms with Gasteiger partial charge in [-0.05, 0) is 42.5 Å². The summed E-state index contributed by atoms with van der Waals surface area (Å²) in [5, 5.41) is 10.6. The van der Waals surface area contributed by atoms with Crippen LogP contribution in [0, 0.1) is 6.92 Å². The van der Waals surface area contributed by atoms with E-state index in [1.165, 1.54) is 36.0 Å². The van der Waals surface area contributed by atoms with Gasteiger partial charge in [0.25, 0.3) is 0 Å². The summed E-state index contributed by atoms with van der Waals surface area (Å²) in [7, 11) is 0. The van der Waals surface area contributed by atoms with Gasteiger partial charge in [0.15, 0.2) is 0 Å². The standard InChI is InChI=1S/C21H28O/c1-5-6-8-13-18-16(2)14-15-19(22)20(18)21(3,4)17-11-9-7-10-12-17/h7,9-12,14-15,22H,5-6,8,13H2,1-4H3. The fourth-order valence-corrected chi connectivity index (χ4v) is 3.31. The minimum atomic E-state index is -0.196. The van der Waals surface area contributed by atoms with Crippen LogP contribution < -0.4 is 0 Å². The molecule has 0 heterocycles. The fourth-order valence-electron chi connectivity index (χ4n) is 3.31. The smallest absolute Gasteiger partial charge is 0.119 e. The number of phenolic OH excluding ortho intramolecular Hbond substituents is 1. The van der Waals surface area contributed by atoms with Crippen molar-refractivity contribution in [1.82, 2.24) is 0 Å². The number of hydrogen-bond donors (Lipinski definition) is 1. The number of hydrogen-bond acceptors (Lipinski definition) is 1.